The summed E-state index contributed by atoms with van der Waals surface area (Å²) in [6, 6.07) is 17.4. The molecular formula is C24H28N2O2S. The second kappa shape index (κ2) is 9.08. The number of fused-ring (bicyclic) bond motifs is 1. The summed E-state index contributed by atoms with van der Waals surface area (Å²) in [6.07, 6.45) is 3.48. The molecule has 3 aromatic rings. The van der Waals surface area contributed by atoms with Crippen LogP contribution in [0.4, 0.5) is 0 Å². The third kappa shape index (κ3) is 4.53. The molecule has 4 nitrogen and oxygen atoms in total. The number of thiophene rings is 1. The fourth-order valence-electron chi connectivity index (χ4n) is 4.39. The van der Waals surface area contributed by atoms with Gasteiger partial charge in [0.25, 0.3) is 5.91 Å². The van der Waals surface area contributed by atoms with Gasteiger partial charge in [-0.1, -0.05) is 30.3 Å². The lowest BCUT2D eigenvalue weighted by Gasteiger charge is -2.20. The van der Waals surface area contributed by atoms with Crippen LogP contribution in [-0.4, -0.2) is 30.2 Å². The molecule has 0 bridgehead atoms. The third-order valence-corrected chi connectivity index (χ3v) is 6.92. The minimum atomic E-state index is -0.131. The van der Waals surface area contributed by atoms with E-state index < -0.39 is 0 Å². The second-order valence-electron chi connectivity index (χ2n) is 7.88. The lowest BCUT2D eigenvalue weighted by Crippen LogP contribution is -2.29. The number of aliphatic hydroxyl groups excluding tert-OH is 1. The first-order chi connectivity index (χ1) is 14.2. The minimum absolute atomic E-state index is 0.0418. The van der Waals surface area contributed by atoms with E-state index in [4.69, 9.17) is 5.11 Å². The van der Waals surface area contributed by atoms with Gasteiger partial charge in [-0.25, -0.2) is 0 Å². The first-order valence-corrected chi connectivity index (χ1v) is 11.2. The van der Waals surface area contributed by atoms with Crippen molar-refractivity contribution in [2.75, 3.05) is 13.2 Å². The van der Waals surface area contributed by atoms with Crippen molar-refractivity contribution in [2.45, 2.75) is 44.2 Å². The number of nitrogens with one attached hydrogen (secondary N) is 2. The van der Waals surface area contributed by atoms with Gasteiger partial charge in [0.15, 0.2) is 0 Å². The van der Waals surface area contributed by atoms with E-state index in [1.807, 2.05) is 23.5 Å². The lowest BCUT2D eigenvalue weighted by atomic mass is 9.96. The number of carbonyl (C=O) groups excluding carboxylic acids is 1. The number of benzene rings is 2. The van der Waals surface area contributed by atoms with Crippen LogP contribution in [0.5, 0.6) is 0 Å². The Kier molecular flexibility index (Phi) is 6.28. The highest BCUT2D eigenvalue weighted by Crippen LogP contribution is 2.37. The summed E-state index contributed by atoms with van der Waals surface area (Å²) in [6.45, 7) is 2.51. The number of amides is 1. The molecule has 3 N–H and O–H groups in total. The molecule has 1 unspecified atom stereocenters. The van der Waals surface area contributed by atoms with Gasteiger partial charge in [0.1, 0.15) is 0 Å². The molecule has 4 rings (SSSR count). The smallest absolute Gasteiger partial charge is 0.251 e. The van der Waals surface area contributed by atoms with Gasteiger partial charge in [-0.3, -0.25) is 4.79 Å². The predicted molar refractivity (Wildman–Crippen MR) is 120 cm³/mol. The van der Waals surface area contributed by atoms with Gasteiger partial charge in [0.05, 0.1) is 6.61 Å². The summed E-state index contributed by atoms with van der Waals surface area (Å²) in [7, 11) is 0. The fourth-order valence-corrected chi connectivity index (χ4v) is 5.45. The fraction of sp³-hybridized carbons (Fsp3) is 0.375. The molecule has 1 aliphatic rings. The van der Waals surface area contributed by atoms with Gasteiger partial charge in [0.2, 0.25) is 0 Å². The predicted octanol–water partition coefficient (Wildman–Crippen LogP) is 4.61. The maximum Gasteiger partial charge on any atom is 0.251 e. The molecule has 1 amide bonds. The zero-order valence-corrected chi connectivity index (χ0v) is 17.5. The van der Waals surface area contributed by atoms with Crippen LogP contribution >= 0.6 is 11.3 Å². The Morgan fingerprint density at radius 2 is 1.97 bits per heavy atom. The SMILES string of the molecule is C[C@@H](N[C@H]1CCC(c2ccc(C(=O)NCCO)cc2)C1)c1csc2ccccc12. The largest absolute Gasteiger partial charge is 0.395 e. The molecule has 1 fully saturated rings. The molecule has 1 aromatic heterocycles. The number of carbonyl (C=O) groups is 1. The number of hydrogen-bond donors (Lipinski definition) is 3. The standard InChI is InChI=1S/C24H28N2O2S/c1-16(22-15-29-23-5-3-2-4-21(22)23)26-20-11-10-19(14-20)17-6-8-18(9-7-17)24(28)25-12-13-27/h2-9,15-16,19-20,26-27H,10-14H2,1H3,(H,25,28)/t16-,19?,20+/m1/s1. The van der Waals surface area contributed by atoms with Crippen molar-refractivity contribution in [3.63, 3.8) is 0 Å². The molecule has 0 aliphatic heterocycles. The Hall–Kier alpha value is -2.21. The highest BCUT2D eigenvalue weighted by molar-refractivity contribution is 7.17. The van der Waals surface area contributed by atoms with Crippen molar-refractivity contribution >= 4 is 27.3 Å². The van der Waals surface area contributed by atoms with E-state index in [0.29, 0.717) is 23.6 Å². The molecule has 1 aliphatic carbocycles. The van der Waals surface area contributed by atoms with E-state index in [1.165, 1.54) is 34.1 Å². The van der Waals surface area contributed by atoms with Gasteiger partial charge in [0, 0.05) is 28.9 Å². The van der Waals surface area contributed by atoms with E-state index in [1.54, 1.807) is 0 Å². The summed E-state index contributed by atoms with van der Waals surface area (Å²) < 4.78 is 1.35. The highest BCUT2D eigenvalue weighted by Gasteiger charge is 2.27. The summed E-state index contributed by atoms with van der Waals surface area (Å²) in [4.78, 5) is 12.0. The van der Waals surface area contributed by atoms with E-state index in [9.17, 15) is 4.79 Å². The molecule has 1 saturated carbocycles. The molecule has 0 spiro atoms. The average Bonchev–Trinajstić information content (AvgIpc) is 3.39. The maximum atomic E-state index is 12.0. The number of rotatable bonds is 7. The number of hydrogen-bond acceptors (Lipinski definition) is 4. The molecular weight excluding hydrogens is 380 g/mol. The van der Waals surface area contributed by atoms with E-state index in [0.717, 1.165) is 6.42 Å². The zero-order chi connectivity index (χ0) is 20.2. The van der Waals surface area contributed by atoms with Crippen molar-refractivity contribution in [2.24, 2.45) is 0 Å². The van der Waals surface area contributed by atoms with Crippen LogP contribution in [0.1, 0.15) is 59.6 Å². The van der Waals surface area contributed by atoms with Crippen LogP contribution in [0.3, 0.4) is 0 Å². The maximum absolute atomic E-state index is 12.0. The van der Waals surface area contributed by atoms with E-state index in [2.05, 4.69) is 59.3 Å². The Balaban J connectivity index is 1.36. The molecule has 0 saturated heterocycles. The van der Waals surface area contributed by atoms with Crippen molar-refractivity contribution < 1.29 is 9.90 Å². The zero-order valence-electron chi connectivity index (χ0n) is 16.7. The Labute approximate surface area is 176 Å². The van der Waals surface area contributed by atoms with Crippen LogP contribution in [0.2, 0.25) is 0 Å². The Morgan fingerprint density at radius 1 is 1.17 bits per heavy atom. The highest BCUT2D eigenvalue weighted by atomic mass is 32.1. The van der Waals surface area contributed by atoms with Gasteiger partial charge in [-0.05, 0) is 72.2 Å². The van der Waals surface area contributed by atoms with E-state index >= 15 is 0 Å². The summed E-state index contributed by atoms with van der Waals surface area (Å²) in [5.41, 5.74) is 3.35. The molecule has 0 radical (unpaired) electrons. The van der Waals surface area contributed by atoms with Crippen molar-refractivity contribution in [3.05, 3.63) is 70.6 Å². The molecule has 152 valence electrons. The third-order valence-electron chi connectivity index (χ3n) is 5.94. The van der Waals surface area contributed by atoms with Gasteiger partial charge in [-0.2, -0.15) is 0 Å². The van der Waals surface area contributed by atoms with Crippen LogP contribution < -0.4 is 10.6 Å². The second-order valence-corrected chi connectivity index (χ2v) is 8.80. The normalized spacial score (nSPS) is 20.1. The van der Waals surface area contributed by atoms with Crippen LogP contribution in [0.15, 0.2) is 53.9 Å². The lowest BCUT2D eigenvalue weighted by molar-refractivity contribution is 0.0944. The minimum Gasteiger partial charge on any atom is -0.395 e. The Morgan fingerprint density at radius 3 is 2.76 bits per heavy atom. The van der Waals surface area contributed by atoms with Gasteiger partial charge >= 0.3 is 0 Å². The molecule has 29 heavy (non-hydrogen) atoms. The molecule has 5 heteroatoms. The summed E-state index contributed by atoms with van der Waals surface area (Å²) in [5, 5.41) is 19.0. The van der Waals surface area contributed by atoms with Crippen LogP contribution in [0, 0.1) is 0 Å². The van der Waals surface area contributed by atoms with Crippen molar-refractivity contribution in [1.29, 1.82) is 0 Å². The summed E-state index contributed by atoms with van der Waals surface area (Å²) in [5.74, 6) is 0.404. The van der Waals surface area contributed by atoms with Crippen LogP contribution in [-0.2, 0) is 0 Å². The van der Waals surface area contributed by atoms with Crippen molar-refractivity contribution in [3.8, 4) is 0 Å². The first-order valence-electron chi connectivity index (χ1n) is 10.4. The van der Waals surface area contributed by atoms with Gasteiger partial charge < -0.3 is 15.7 Å². The molecule has 1 heterocycles. The molecule has 3 atom stereocenters. The topological polar surface area (TPSA) is 61.4 Å². The Bertz CT molecular complexity index is 966. The monoisotopic (exact) mass is 408 g/mol. The quantitative estimate of drug-likeness (QED) is 0.535. The van der Waals surface area contributed by atoms with E-state index in [-0.39, 0.29) is 19.1 Å². The average molecular weight is 409 g/mol. The first kappa shape index (κ1) is 20.1. The van der Waals surface area contributed by atoms with Gasteiger partial charge in [-0.15, -0.1) is 11.3 Å². The summed E-state index contributed by atoms with van der Waals surface area (Å²) >= 11 is 1.82. The van der Waals surface area contributed by atoms with Crippen molar-refractivity contribution in [1.82, 2.24) is 10.6 Å². The number of aliphatic hydroxyl groups is 1. The van der Waals surface area contributed by atoms with Crippen LogP contribution in [0.25, 0.3) is 10.1 Å². The molecule has 2 aromatic carbocycles.